The monoisotopic (exact) mass is 251 g/mol. The molecule has 19 heavy (non-hydrogen) atoms. The van der Waals surface area contributed by atoms with Crippen LogP contribution in [-0.4, -0.2) is 11.5 Å². The second-order valence-corrected chi connectivity index (χ2v) is 4.31. The molecule has 0 spiro atoms. The second kappa shape index (κ2) is 7.30. The minimum Gasteiger partial charge on any atom is -0.305 e. The molecule has 1 unspecified atom stereocenters. The van der Waals surface area contributed by atoms with Crippen LogP contribution in [0.5, 0.6) is 0 Å². The lowest BCUT2D eigenvalue weighted by atomic mass is 10.0. The van der Waals surface area contributed by atoms with Crippen molar-refractivity contribution in [3.8, 4) is 6.07 Å². The van der Waals surface area contributed by atoms with Crippen LogP contribution >= 0.6 is 0 Å². The van der Waals surface area contributed by atoms with Crippen LogP contribution < -0.4 is 5.32 Å². The Morgan fingerprint density at radius 3 is 2.58 bits per heavy atom. The average Bonchev–Trinajstić information content (AvgIpc) is 2.49. The summed E-state index contributed by atoms with van der Waals surface area (Å²) in [7, 11) is 0. The molecule has 2 aromatic rings. The molecule has 0 radical (unpaired) electrons. The first-order chi connectivity index (χ1) is 9.42. The Morgan fingerprint density at radius 2 is 1.89 bits per heavy atom. The predicted molar refractivity (Wildman–Crippen MR) is 75.4 cm³/mol. The number of benzene rings is 1. The highest BCUT2D eigenvalue weighted by Gasteiger charge is 2.13. The third-order valence-corrected chi connectivity index (χ3v) is 2.93. The van der Waals surface area contributed by atoms with E-state index in [2.05, 4.69) is 28.5 Å². The van der Waals surface area contributed by atoms with E-state index in [9.17, 15) is 0 Å². The van der Waals surface area contributed by atoms with Gasteiger partial charge in [-0.3, -0.25) is 4.98 Å². The van der Waals surface area contributed by atoms with Gasteiger partial charge in [0, 0.05) is 12.6 Å². The van der Waals surface area contributed by atoms with E-state index in [1.54, 1.807) is 0 Å². The first-order valence-corrected chi connectivity index (χ1v) is 6.48. The van der Waals surface area contributed by atoms with Gasteiger partial charge in [0.1, 0.15) is 0 Å². The van der Waals surface area contributed by atoms with Crippen LogP contribution in [-0.2, 0) is 0 Å². The van der Waals surface area contributed by atoms with Crippen molar-refractivity contribution in [1.29, 1.82) is 5.26 Å². The van der Waals surface area contributed by atoms with Crippen LogP contribution in [0.3, 0.4) is 0 Å². The van der Waals surface area contributed by atoms with Gasteiger partial charge < -0.3 is 5.32 Å². The molecule has 0 fully saturated rings. The van der Waals surface area contributed by atoms with Gasteiger partial charge in [0.2, 0.25) is 0 Å². The molecule has 0 amide bonds. The van der Waals surface area contributed by atoms with Gasteiger partial charge in [-0.1, -0.05) is 36.4 Å². The van der Waals surface area contributed by atoms with Crippen LogP contribution in [0.4, 0.5) is 0 Å². The third kappa shape index (κ3) is 3.90. The largest absolute Gasteiger partial charge is 0.305 e. The van der Waals surface area contributed by atoms with Gasteiger partial charge in [0.05, 0.1) is 17.8 Å². The fourth-order valence-electron chi connectivity index (χ4n) is 2.00. The Balaban J connectivity index is 2.13. The fraction of sp³-hybridized carbons (Fsp3) is 0.250. The number of nitrogens with zero attached hydrogens (tertiary/aromatic N) is 2. The zero-order valence-corrected chi connectivity index (χ0v) is 10.8. The molecule has 1 N–H and O–H groups in total. The maximum Gasteiger partial charge on any atom is 0.0751 e. The molecule has 0 aliphatic heterocycles. The smallest absolute Gasteiger partial charge is 0.0751 e. The molecular formula is C16H17N3. The van der Waals surface area contributed by atoms with Crippen LogP contribution in [0.2, 0.25) is 0 Å². The molecule has 1 aromatic carbocycles. The van der Waals surface area contributed by atoms with Gasteiger partial charge in [0.25, 0.3) is 0 Å². The highest BCUT2D eigenvalue weighted by molar-refractivity contribution is 5.27. The number of hydrogen-bond donors (Lipinski definition) is 1. The Hall–Kier alpha value is -2.18. The Bertz CT molecular complexity index is 477. The molecule has 0 bridgehead atoms. The van der Waals surface area contributed by atoms with E-state index in [0.717, 1.165) is 18.7 Å². The highest BCUT2D eigenvalue weighted by Crippen LogP contribution is 2.19. The molecule has 96 valence electrons. The maximum absolute atomic E-state index is 8.58. The average molecular weight is 251 g/mol. The lowest BCUT2D eigenvalue weighted by Crippen LogP contribution is -2.24. The zero-order chi connectivity index (χ0) is 13.3. The van der Waals surface area contributed by atoms with E-state index < -0.39 is 0 Å². The first kappa shape index (κ1) is 13.3. The third-order valence-electron chi connectivity index (χ3n) is 2.93. The van der Waals surface area contributed by atoms with Crippen LogP contribution in [0.1, 0.15) is 30.1 Å². The number of aromatic nitrogens is 1. The Morgan fingerprint density at radius 1 is 1.11 bits per heavy atom. The molecule has 0 saturated heterocycles. The molecule has 3 nitrogen and oxygen atoms in total. The summed E-state index contributed by atoms with van der Waals surface area (Å²) >= 11 is 0. The number of rotatable bonds is 6. The summed E-state index contributed by atoms with van der Waals surface area (Å²) in [6.45, 7) is 0.809. The lowest BCUT2D eigenvalue weighted by Gasteiger charge is -2.18. The summed E-state index contributed by atoms with van der Waals surface area (Å²) < 4.78 is 0. The molecule has 0 aliphatic rings. The second-order valence-electron chi connectivity index (χ2n) is 4.31. The van der Waals surface area contributed by atoms with E-state index in [1.165, 1.54) is 5.56 Å². The summed E-state index contributed by atoms with van der Waals surface area (Å²) in [5, 5.41) is 12.0. The van der Waals surface area contributed by atoms with Crippen LogP contribution in [0.15, 0.2) is 54.7 Å². The summed E-state index contributed by atoms with van der Waals surface area (Å²) in [4.78, 5) is 4.43. The van der Waals surface area contributed by atoms with Gasteiger partial charge >= 0.3 is 0 Å². The molecule has 1 heterocycles. The van der Waals surface area contributed by atoms with Crippen LogP contribution in [0.25, 0.3) is 0 Å². The Kier molecular flexibility index (Phi) is 5.09. The number of unbranched alkanes of at least 4 members (excludes halogenated alkanes) is 1. The molecular weight excluding hydrogens is 234 g/mol. The summed E-state index contributed by atoms with van der Waals surface area (Å²) in [6.07, 6.45) is 3.24. The first-order valence-electron chi connectivity index (χ1n) is 6.48. The molecule has 3 heteroatoms. The van der Waals surface area contributed by atoms with Gasteiger partial charge in [-0.25, -0.2) is 0 Å². The van der Waals surface area contributed by atoms with Crippen molar-refractivity contribution in [1.82, 2.24) is 10.3 Å². The molecule has 0 saturated carbocycles. The fourth-order valence-corrected chi connectivity index (χ4v) is 2.00. The van der Waals surface area contributed by atoms with Crippen molar-refractivity contribution < 1.29 is 0 Å². The number of nitriles is 1. The van der Waals surface area contributed by atoms with Gasteiger partial charge in [-0.15, -0.1) is 0 Å². The summed E-state index contributed by atoms with van der Waals surface area (Å²) in [5.74, 6) is 0. The molecule has 2 rings (SSSR count). The van der Waals surface area contributed by atoms with Crippen molar-refractivity contribution in [3.63, 3.8) is 0 Å². The molecule has 1 aromatic heterocycles. The minimum atomic E-state index is 0.0843. The zero-order valence-electron chi connectivity index (χ0n) is 10.8. The quantitative estimate of drug-likeness (QED) is 0.803. The van der Waals surface area contributed by atoms with E-state index in [0.29, 0.717) is 6.42 Å². The molecule has 1 atom stereocenters. The number of pyridine rings is 1. The summed E-state index contributed by atoms with van der Waals surface area (Å²) in [5.41, 5.74) is 2.20. The maximum atomic E-state index is 8.58. The van der Waals surface area contributed by atoms with E-state index in [4.69, 9.17) is 5.26 Å². The Labute approximate surface area is 113 Å². The van der Waals surface area contributed by atoms with E-state index >= 15 is 0 Å². The summed E-state index contributed by atoms with van der Waals surface area (Å²) in [6, 6.07) is 18.4. The normalized spacial score (nSPS) is 11.7. The number of hydrogen-bond acceptors (Lipinski definition) is 3. The predicted octanol–water partition coefficient (Wildman–Crippen LogP) is 3.06. The van der Waals surface area contributed by atoms with Crippen molar-refractivity contribution in [3.05, 3.63) is 66.0 Å². The standard InChI is InChI=1S/C16H17N3/c17-11-5-7-13-19-16(14-8-2-1-3-9-14)15-10-4-6-12-18-15/h1-4,6,8-10,12,16,19H,5,7,13H2. The van der Waals surface area contributed by atoms with Crippen molar-refractivity contribution in [2.45, 2.75) is 18.9 Å². The van der Waals surface area contributed by atoms with Crippen molar-refractivity contribution in [2.75, 3.05) is 6.54 Å². The van der Waals surface area contributed by atoms with Gasteiger partial charge in [-0.05, 0) is 30.7 Å². The minimum absolute atomic E-state index is 0.0843. The van der Waals surface area contributed by atoms with Crippen molar-refractivity contribution in [2.24, 2.45) is 0 Å². The highest BCUT2D eigenvalue weighted by atomic mass is 14.9. The lowest BCUT2D eigenvalue weighted by molar-refractivity contribution is 0.577. The SMILES string of the molecule is N#CCCCNC(c1ccccc1)c1ccccn1. The topological polar surface area (TPSA) is 48.7 Å². The molecule has 0 aliphatic carbocycles. The van der Waals surface area contributed by atoms with Gasteiger partial charge in [0.15, 0.2) is 0 Å². The van der Waals surface area contributed by atoms with Crippen molar-refractivity contribution >= 4 is 0 Å². The van der Waals surface area contributed by atoms with E-state index in [1.807, 2.05) is 42.6 Å². The van der Waals surface area contributed by atoms with Gasteiger partial charge in [-0.2, -0.15) is 5.26 Å². The number of nitrogens with one attached hydrogen (secondary N) is 1. The van der Waals surface area contributed by atoms with Crippen LogP contribution in [0, 0.1) is 11.3 Å². The van der Waals surface area contributed by atoms with E-state index in [-0.39, 0.29) is 6.04 Å².